The number of rotatable bonds is 6. The molecule has 1 aliphatic rings. The number of carbonyl (C=O) groups is 1. The van der Waals surface area contributed by atoms with E-state index in [-0.39, 0.29) is 11.9 Å². The number of nitrogens with one attached hydrogen (secondary N) is 2. The molecule has 0 aromatic heterocycles. The molecule has 0 aliphatic carbocycles. The van der Waals surface area contributed by atoms with E-state index in [1.807, 2.05) is 0 Å². The number of piperidine rings is 1. The second kappa shape index (κ2) is 7.74. The van der Waals surface area contributed by atoms with Gasteiger partial charge in [-0.3, -0.25) is 4.79 Å². The molecule has 1 fully saturated rings. The predicted octanol–water partition coefficient (Wildman–Crippen LogP) is 1.22. The summed E-state index contributed by atoms with van der Waals surface area (Å²) in [6, 6.07) is 0.548. The zero-order valence-electron chi connectivity index (χ0n) is 12.3. The van der Waals surface area contributed by atoms with E-state index in [1.54, 1.807) is 0 Å². The van der Waals surface area contributed by atoms with Gasteiger partial charge in [0.2, 0.25) is 5.91 Å². The van der Waals surface area contributed by atoms with Gasteiger partial charge >= 0.3 is 0 Å². The Labute approximate surface area is 111 Å². The van der Waals surface area contributed by atoms with Crippen LogP contribution in [-0.4, -0.2) is 49.6 Å². The maximum atomic E-state index is 12.0. The first-order valence-corrected chi connectivity index (χ1v) is 7.26. The molecule has 1 saturated heterocycles. The van der Waals surface area contributed by atoms with E-state index in [1.165, 1.54) is 12.8 Å². The van der Waals surface area contributed by atoms with Crippen LogP contribution in [0.15, 0.2) is 0 Å². The van der Waals surface area contributed by atoms with Crippen LogP contribution < -0.4 is 10.6 Å². The lowest BCUT2D eigenvalue weighted by molar-refractivity contribution is -0.124. The molecule has 1 aliphatic heterocycles. The van der Waals surface area contributed by atoms with Crippen molar-refractivity contribution >= 4 is 5.91 Å². The predicted molar refractivity (Wildman–Crippen MR) is 75.6 cm³/mol. The molecule has 1 rings (SSSR count). The van der Waals surface area contributed by atoms with E-state index in [2.05, 4.69) is 43.4 Å². The van der Waals surface area contributed by atoms with Crippen molar-refractivity contribution in [1.29, 1.82) is 0 Å². The molecular formula is C14H29N3O. The highest BCUT2D eigenvalue weighted by Gasteiger charge is 2.25. The van der Waals surface area contributed by atoms with Crippen LogP contribution in [0.4, 0.5) is 0 Å². The van der Waals surface area contributed by atoms with E-state index in [0.717, 1.165) is 26.1 Å². The Morgan fingerprint density at radius 3 is 2.83 bits per heavy atom. The summed E-state index contributed by atoms with van der Waals surface area (Å²) in [6.07, 6.45) is 3.38. The smallest absolute Gasteiger partial charge is 0.237 e. The number of amides is 1. The minimum atomic E-state index is 0.0213. The normalized spacial score (nSPS) is 24.6. The van der Waals surface area contributed by atoms with E-state index in [0.29, 0.717) is 12.0 Å². The molecule has 0 aromatic rings. The van der Waals surface area contributed by atoms with Crippen molar-refractivity contribution in [2.24, 2.45) is 5.92 Å². The summed E-state index contributed by atoms with van der Waals surface area (Å²) >= 11 is 0. The maximum Gasteiger partial charge on any atom is 0.237 e. The fourth-order valence-corrected chi connectivity index (χ4v) is 2.30. The van der Waals surface area contributed by atoms with Crippen molar-refractivity contribution < 1.29 is 4.79 Å². The number of carbonyl (C=O) groups excluding carboxylic acids is 1. The molecule has 0 saturated carbocycles. The van der Waals surface area contributed by atoms with Gasteiger partial charge in [-0.1, -0.05) is 13.3 Å². The van der Waals surface area contributed by atoms with Gasteiger partial charge in [-0.2, -0.15) is 0 Å². The molecule has 4 nitrogen and oxygen atoms in total. The van der Waals surface area contributed by atoms with Crippen LogP contribution in [-0.2, 0) is 4.79 Å². The lowest BCUT2D eigenvalue weighted by Crippen LogP contribution is -2.50. The maximum absolute atomic E-state index is 12.0. The average molecular weight is 255 g/mol. The number of nitrogens with zero attached hydrogens (tertiary/aromatic N) is 1. The van der Waals surface area contributed by atoms with Crippen LogP contribution in [0, 0.1) is 5.92 Å². The Hall–Kier alpha value is -0.610. The van der Waals surface area contributed by atoms with Gasteiger partial charge in [-0.05, 0) is 46.2 Å². The molecule has 4 heteroatoms. The molecule has 0 spiro atoms. The van der Waals surface area contributed by atoms with Gasteiger partial charge in [0.15, 0.2) is 0 Å². The lowest BCUT2D eigenvalue weighted by Gasteiger charge is -2.29. The van der Waals surface area contributed by atoms with Crippen LogP contribution in [0.3, 0.4) is 0 Å². The largest absolute Gasteiger partial charge is 0.353 e. The van der Waals surface area contributed by atoms with Crippen molar-refractivity contribution in [2.45, 2.75) is 52.1 Å². The summed E-state index contributed by atoms with van der Waals surface area (Å²) in [4.78, 5) is 14.3. The van der Waals surface area contributed by atoms with Gasteiger partial charge in [0, 0.05) is 19.1 Å². The first-order chi connectivity index (χ1) is 8.54. The molecule has 0 radical (unpaired) electrons. The Balaban J connectivity index is 2.24. The highest BCUT2D eigenvalue weighted by atomic mass is 16.2. The zero-order valence-corrected chi connectivity index (χ0v) is 12.3. The average Bonchev–Trinajstić information content (AvgIpc) is 2.38. The van der Waals surface area contributed by atoms with Crippen molar-refractivity contribution in [2.75, 3.05) is 26.7 Å². The molecule has 106 valence electrons. The quantitative estimate of drug-likeness (QED) is 0.750. The van der Waals surface area contributed by atoms with E-state index < -0.39 is 0 Å². The van der Waals surface area contributed by atoms with Crippen LogP contribution in [0.2, 0.25) is 0 Å². The third-order valence-corrected chi connectivity index (χ3v) is 4.05. The van der Waals surface area contributed by atoms with Crippen LogP contribution >= 0.6 is 0 Å². The summed E-state index contributed by atoms with van der Waals surface area (Å²) in [6.45, 7) is 9.16. The van der Waals surface area contributed by atoms with Gasteiger partial charge in [0.05, 0.1) is 6.04 Å². The van der Waals surface area contributed by atoms with Crippen molar-refractivity contribution in [3.05, 3.63) is 0 Å². The highest BCUT2D eigenvalue weighted by Crippen LogP contribution is 2.19. The van der Waals surface area contributed by atoms with E-state index in [4.69, 9.17) is 0 Å². The molecule has 1 amide bonds. The van der Waals surface area contributed by atoms with Gasteiger partial charge in [-0.25, -0.2) is 0 Å². The zero-order chi connectivity index (χ0) is 13.5. The Bertz CT molecular complexity index is 255. The SMILES string of the molecule is CCC1CCNC(C(=O)NCCN(C)C(C)C)C1. The van der Waals surface area contributed by atoms with E-state index >= 15 is 0 Å². The molecule has 1 heterocycles. The molecule has 0 bridgehead atoms. The molecule has 2 unspecified atom stereocenters. The van der Waals surface area contributed by atoms with Crippen molar-refractivity contribution in [1.82, 2.24) is 15.5 Å². The topological polar surface area (TPSA) is 44.4 Å². The third kappa shape index (κ3) is 4.94. The summed E-state index contributed by atoms with van der Waals surface area (Å²) in [5, 5.41) is 6.36. The molecule has 0 aromatic carbocycles. The number of hydrogen-bond donors (Lipinski definition) is 2. The third-order valence-electron chi connectivity index (χ3n) is 4.05. The van der Waals surface area contributed by atoms with Crippen molar-refractivity contribution in [3.63, 3.8) is 0 Å². The fourth-order valence-electron chi connectivity index (χ4n) is 2.30. The Kier molecular flexibility index (Phi) is 6.65. The monoisotopic (exact) mass is 255 g/mol. The van der Waals surface area contributed by atoms with Gasteiger partial charge in [0.25, 0.3) is 0 Å². The molecule has 2 atom stereocenters. The van der Waals surface area contributed by atoms with Crippen LogP contribution in [0.25, 0.3) is 0 Å². The number of hydrogen-bond acceptors (Lipinski definition) is 3. The fraction of sp³-hybridized carbons (Fsp3) is 0.929. The minimum absolute atomic E-state index is 0.0213. The van der Waals surface area contributed by atoms with Crippen LogP contribution in [0.1, 0.15) is 40.0 Å². The lowest BCUT2D eigenvalue weighted by atomic mass is 9.90. The van der Waals surface area contributed by atoms with Crippen molar-refractivity contribution in [3.8, 4) is 0 Å². The summed E-state index contributed by atoms with van der Waals surface area (Å²) in [7, 11) is 2.09. The standard InChI is InChI=1S/C14H29N3O/c1-5-12-6-7-15-13(10-12)14(18)16-8-9-17(4)11(2)3/h11-13,15H,5-10H2,1-4H3,(H,16,18). The first kappa shape index (κ1) is 15.4. The second-order valence-corrected chi connectivity index (χ2v) is 5.67. The molecule has 2 N–H and O–H groups in total. The van der Waals surface area contributed by atoms with E-state index in [9.17, 15) is 4.79 Å². The molecular weight excluding hydrogens is 226 g/mol. The van der Waals surface area contributed by atoms with Crippen LogP contribution in [0.5, 0.6) is 0 Å². The summed E-state index contributed by atoms with van der Waals surface area (Å²) in [5.74, 6) is 0.880. The van der Waals surface area contributed by atoms with Gasteiger partial charge in [-0.15, -0.1) is 0 Å². The Morgan fingerprint density at radius 1 is 1.50 bits per heavy atom. The van der Waals surface area contributed by atoms with Gasteiger partial charge in [0.1, 0.15) is 0 Å². The summed E-state index contributed by atoms with van der Waals surface area (Å²) in [5.41, 5.74) is 0. The first-order valence-electron chi connectivity index (χ1n) is 7.26. The Morgan fingerprint density at radius 2 is 2.22 bits per heavy atom. The molecule has 18 heavy (non-hydrogen) atoms. The highest BCUT2D eigenvalue weighted by molar-refractivity contribution is 5.81. The second-order valence-electron chi connectivity index (χ2n) is 5.67. The summed E-state index contributed by atoms with van der Waals surface area (Å²) < 4.78 is 0. The number of likely N-dealkylation sites (N-methyl/N-ethyl adjacent to an activating group) is 1. The van der Waals surface area contributed by atoms with Gasteiger partial charge < -0.3 is 15.5 Å². The minimum Gasteiger partial charge on any atom is -0.353 e.